The van der Waals surface area contributed by atoms with E-state index in [2.05, 4.69) is 41.3 Å². The quantitative estimate of drug-likeness (QED) is 0.0346. The van der Waals surface area contributed by atoms with Crippen molar-refractivity contribution in [2.24, 2.45) is 5.41 Å². The number of imidazole rings is 1. The van der Waals surface area contributed by atoms with Crippen LogP contribution >= 0.6 is 35.2 Å². The summed E-state index contributed by atoms with van der Waals surface area (Å²) >= 11 is 1.10. The zero-order valence-electron chi connectivity index (χ0n) is 38.7. The van der Waals surface area contributed by atoms with Gasteiger partial charge < -0.3 is 56.0 Å². The van der Waals surface area contributed by atoms with E-state index in [0.717, 1.165) is 54.7 Å². The average Bonchev–Trinajstić information content (AvgIpc) is 3.82. The van der Waals surface area contributed by atoms with Gasteiger partial charge in [0, 0.05) is 37.1 Å². The first kappa shape index (κ1) is 59.8. The molecule has 1 aliphatic heterocycles. The van der Waals surface area contributed by atoms with E-state index in [0.29, 0.717) is 25.0 Å². The number of aliphatic hydroxyl groups is 3. The molecule has 2 amide bonds. The number of amides is 2. The number of nitrogens with zero attached hydrogens (tertiary/aromatic N) is 4. The monoisotopic (exact) mass is 1050 g/mol. The normalized spacial score (nSPS) is 20.4. The maximum atomic E-state index is 12.7. The van der Waals surface area contributed by atoms with E-state index in [-0.39, 0.29) is 47.7 Å². The van der Waals surface area contributed by atoms with Crippen LogP contribution in [-0.2, 0) is 50.7 Å². The molecular weight excluding hydrogens is 979 g/mol. The average molecular weight is 1050 g/mol. The molecule has 3 heterocycles. The number of carbonyl (C=O) groups is 3. The number of carbonyl (C=O) groups excluding carboxylic acids is 3. The summed E-state index contributed by atoms with van der Waals surface area (Å²) in [6, 6.07) is 0. The van der Waals surface area contributed by atoms with Crippen molar-refractivity contribution < 1.29 is 85.6 Å². The molecule has 0 bridgehead atoms. The molecule has 0 aromatic carbocycles. The minimum absolute atomic E-state index is 0.0136. The van der Waals surface area contributed by atoms with Crippen LogP contribution in [-0.4, -0.2) is 134 Å². The predicted octanol–water partition coefficient (Wildman–Crippen LogP) is 3.90. The van der Waals surface area contributed by atoms with Crippen molar-refractivity contribution in [1.29, 1.82) is 0 Å². The number of unbranched alkanes of at least 4 members (excludes halogenated alkanes) is 10. The van der Waals surface area contributed by atoms with Gasteiger partial charge in [-0.25, -0.2) is 28.6 Å². The van der Waals surface area contributed by atoms with Crippen LogP contribution in [0, 0.1) is 5.41 Å². The minimum Gasteiger partial charge on any atom is -0.393 e. The van der Waals surface area contributed by atoms with Crippen LogP contribution in [0.2, 0.25) is 0 Å². The zero-order chi connectivity index (χ0) is 50.5. The summed E-state index contributed by atoms with van der Waals surface area (Å²) in [5.74, 6) is -1.12. The number of phosphoric acid groups is 3. The second-order valence-electron chi connectivity index (χ2n) is 17.2. The van der Waals surface area contributed by atoms with Gasteiger partial charge in [0.25, 0.3) is 0 Å². The molecule has 0 spiro atoms. The van der Waals surface area contributed by atoms with E-state index in [1.165, 1.54) is 65.2 Å². The topological polar surface area (TPSA) is 384 Å². The fourth-order valence-electron chi connectivity index (χ4n) is 7.03. The number of nitrogen functional groups attached to an aromatic ring is 1. The van der Waals surface area contributed by atoms with Gasteiger partial charge in [-0.15, -0.1) is 0 Å². The van der Waals surface area contributed by atoms with E-state index in [9.17, 15) is 63.0 Å². The van der Waals surface area contributed by atoms with Gasteiger partial charge in [-0.3, -0.25) is 32.5 Å². The lowest BCUT2D eigenvalue weighted by atomic mass is 9.87. The molecule has 3 rings (SSSR count). The van der Waals surface area contributed by atoms with Crippen LogP contribution in [0.4, 0.5) is 5.82 Å². The second kappa shape index (κ2) is 29.1. The van der Waals surface area contributed by atoms with E-state index in [4.69, 9.17) is 19.5 Å². The van der Waals surface area contributed by atoms with Gasteiger partial charge in [0.2, 0.25) is 11.8 Å². The summed E-state index contributed by atoms with van der Waals surface area (Å²) in [5, 5.41) is 36.8. The van der Waals surface area contributed by atoms with E-state index < -0.39 is 84.6 Å². The molecule has 1 saturated heterocycles. The Balaban J connectivity index is 1.30. The molecule has 8 atom stereocenters. The van der Waals surface area contributed by atoms with Gasteiger partial charge in [0.1, 0.15) is 36.3 Å². The Kier molecular flexibility index (Phi) is 25.6. The fourth-order valence-corrected chi connectivity index (χ4v) is 10.6. The molecule has 0 radical (unpaired) electrons. The number of nitrogens with one attached hydrogen (secondary N) is 2. The number of hydrogen-bond acceptors (Lipinski definition) is 19. The Morgan fingerprint density at radius 2 is 1.49 bits per heavy atom. The minimum atomic E-state index is -5.58. The van der Waals surface area contributed by atoms with Crippen LogP contribution in [0.1, 0.15) is 130 Å². The number of aromatic nitrogens is 4. The van der Waals surface area contributed by atoms with Crippen molar-refractivity contribution in [2.75, 3.05) is 37.8 Å². The molecule has 11 N–H and O–H groups in total. The highest BCUT2D eigenvalue weighted by atomic mass is 32.2. The smallest absolute Gasteiger partial charge is 0.393 e. The first-order chi connectivity index (χ1) is 31.9. The van der Waals surface area contributed by atoms with Gasteiger partial charge >= 0.3 is 23.5 Å². The molecule has 1 fully saturated rings. The maximum Gasteiger partial charge on any atom is 0.481 e. The third-order valence-corrected chi connectivity index (χ3v) is 14.9. The summed E-state index contributed by atoms with van der Waals surface area (Å²) in [6.45, 7) is 2.70. The number of ether oxygens (including phenoxy) is 1. The first-order valence-electron chi connectivity index (χ1n) is 22.7. The molecule has 8 unspecified atom stereocenters. The Labute approximate surface area is 399 Å². The molecule has 2 aromatic heterocycles. The number of hydrogen-bond donors (Lipinski definition) is 10. The fraction of sp³-hybridized carbons (Fsp3) is 0.795. The number of thioether (sulfide) groups is 1. The third-order valence-electron chi connectivity index (χ3n) is 10.8. The largest absolute Gasteiger partial charge is 0.481 e. The number of rotatable bonds is 35. The van der Waals surface area contributed by atoms with Crippen LogP contribution in [0.5, 0.6) is 0 Å². The van der Waals surface area contributed by atoms with E-state index in [1.54, 1.807) is 0 Å². The van der Waals surface area contributed by atoms with Crippen LogP contribution < -0.4 is 16.4 Å². The highest BCUT2D eigenvalue weighted by molar-refractivity contribution is 8.13. The standard InChI is InChI=1S/C39H70N7O18P3S/c1-4-5-6-7-8-9-10-11-12-13-16-27(47)17-14-15-18-30(49)68-22-21-41-29(48)19-20-42-37(52)34(51)39(2,3)24-61-67(58,59)64-66(56,57)60-23-28-33(63-65(53,54)55)32(50)38(62-28)46-26-45-31-35(40)43-25-44-36(31)46/h25-28,32-34,38,47,50-51H,4-24H2,1-3H3,(H,41,48)(H,42,52)(H,56,57)(H,58,59)(H2,40,43,44)(H2,53,54,55). The molecular formula is C39H70N7O18P3S. The van der Waals surface area contributed by atoms with Crippen molar-refractivity contribution in [3.05, 3.63) is 12.7 Å². The lowest BCUT2D eigenvalue weighted by Gasteiger charge is -2.30. The van der Waals surface area contributed by atoms with E-state index >= 15 is 0 Å². The van der Waals surface area contributed by atoms with Crippen molar-refractivity contribution >= 4 is 69.1 Å². The summed E-state index contributed by atoms with van der Waals surface area (Å²) in [7, 11) is -16.4. The van der Waals surface area contributed by atoms with Crippen LogP contribution in [0.3, 0.4) is 0 Å². The molecule has 29 heteroatoms. The lowest BCUT2D eigenvalue weighted by Crippen LogP contribution is -2.46. The SMILES string of the molecule is CCCCCCCCCCCCC(O)CCCCC(=O)SCCNC(=O)CCNC(=O)C(O)C(C)(C)COP(=O)(O)OP(=O)(O)OCC1OC(n2cnc3c(N)ncnc32)C(O)C1OP(=O)(O)O. The molecule has 25 nitrogen and oxygen atoms in total. The molecule has 390 valence electrons. The highest BCUT2D eigenvalue weighted by Crippen LogP contribution is 2.61. The van der Waals surface area contributed by atoms with Crippen LogP contribution in [0.15, 0.2) is 12.7 Å². The van der Waals surface area contributed by atoms with Crippen molar-refractivity contribution in [2.45, 2.75) is 160 Å². The number of phosphoric ester groups is 3. The Bertz CT molecular complexity index is 2030. The van der Waals surface area contributed by atoms with Gasteiger partial charge in [-0.05, 0) is 19.3 Å². The van der Waals surface area contributed by atoms with Crippen molar-refractivity contribution in [3.8, 4) is 0 Å². The Morgan fingerprint density at radius 1 is 0.868 bits per heavy atom. The first-order valence-corrected chi connectivity index (χ1v) is 28.2. The van der Waals surface area contributed by atoms with Crippen molar-refractivity contribution in [3.63, 3.8) is 0 Å². The molecule has 1 aliphatic rings. The third kappa shape index (κ3) is 21.9. The zero-order valence-corrected chi connectivity index (χ0v) is 42.2. The molecule has 2 aromatic rings. The lowest BCUT2D eigenvalue weighted by molar-refractivity contribution is -0.137. The van der Waals surface area contributed by atoms with E-state index in [1.807, 2.05) is 0 Å². The summed E-state index contributed by atoms with van der Waals surface area (Å²) < 4.78 is 62.4. The molecule has 0 aliphatic carbocycles. The van der Waals surface area contributed by atoms with Crippen molar-refractivity contribution in [1.82, 2.24) is 30.2 Å². The van der Waals surface area contributed by atoms with Gasteiger partial charge in [0.05, 0.1) is 25.6 Å². The summed E-state index contributed by atoms with van der Waals surface area (Å²) in [5.41, 5.74) is 4.27. The Morgan fingerprint density at radius 3 is 2.13 bits per heavy atom. The number of aliphatic hydroxyl groups excluding tert-OH is 3. The number of anilines is 1. The number of fused-ring (bicyclic) bond motifs is 1. The summed E-state index contributed by atoms with van der Waals surface area (Å²) in [4.78, 5) is 88.4. The predicted molar refractivity (Wildman–Crippen MR) is 248 cm³/mol. The summed E-state index contributed by atoms with van der Waals surface area (Å²) in [6.07, 6.45) is 8.36. The van der Waals surface area contributed by atoms with Gasteiger partial charge in [-0.2, -0.15) is 4.31 Å². The van der Waals surface area contributed by atoms with Crippen LogP contribution in [0.25, 0.3) is 11.2 Å². The molecule has 68 heavy (non-hydrogen) atoms. The maximum absolute atomic E-state index is 12.7. The van der Waals surface area contributed by atoms with Gasteiger partial charge in [0.15, 0.2) is 22.8 Å². The molecule has 0 saturated carbocycles. The highest BCUT2D eigenvalue weighted by Gasteiger charge is 2.50. The second-order valence-corrected chi connectivity index (χ2v) is 22.5. The van der Waals surface area contributed by atoms with Gasteiger partial charge in [-0.1, -0.05) is 103 Å². The number of nitrogens with two attached hydrogens (primary N) is 1. The Hall–Kier alpha value is -2.48.